The Morgan fingerprint density at radius 2 is 2.00 bits per heavy atom. The summed E-state index contributed by atoms with van der Waals surface area (Å²) in [6.07, 6.45) is 6.13. The summed E-state index contributed by atoms with van der Waals surface area (Å²) in [5.74, 6) is 1.65. The average molecular weight is 311 g/mol. The minimum Gasteiger partial charge on any atom is -0.508 e. The number of nitrogens with one attached hydrogen (secondary N) is 1. The first kappa shape index (κ1) is 14.3. The van der Waals surface area contributed by atoms with Crippen LogP contribution >= 0.6 is 0 Å². The van der Waals surface area contributed by atoms with Crippen molar-refractivity contribution in [2.75, 3.05) is 31.1 Å². The Morgan fingerprint density at radius 1 is 1.13 bits per heavy atom. The van der Waals surface area contributed by atoms with Crippen molar-refractivity contribution in [3.05, 3.63) is 42.7 Å². The summed E-state index contributed by atoms with van der Waals surface area (Å²) in [5, 5.41) is 12.8. The summed E-state index contributed by atoms with van der Waals surface area (Å²) in [6, 6.07) is 8.77. The molecule has 4 rings (SSSR count). The van der Waals surface area contributed by atoms with Gasteiger partial charge in [0.2, 0.25) is 0 Å². The van der Waals surface area contributed by atoms with E-state index in [1.807, 2.05) is 12.3 Å². The van der Waals surface area contributed by atoms with E-state index in [0.717, 1.165) is 37.6 Å². The van der Waals surface area contributed by atoms with Gasteiger partial charge in [-0.05, 0) is 43.7 Å². The third-order valence-corrected chi connectivity index (χ3v) is 4.91. The van der Waals surface area contributed by atoms with Gasteiger partial charge in [0.25, 0.3) is 0 Å². The molecule has 1 aromatic heterocycles. The molecule has 0 saturated carbocycles. The second-order valence-corrected chi connectivity index (χ2v) is 6.57. The standard InChI is InChI=1S/C18H21N3O2/c22-15-1-3-16(4-2-15)23-17-9-14(10-20-11-17)21-8-6-18(13-21)5-7-19-12-18/h1-4,9-11,19,22H,5-8,12-13H2. The molecule has 120 valence electrons. The third kappa shape index (κ3) is 2.97. The van der Waals surface area contributed by atoms with Gasteiger partial charge in [0.05, 0.1) is 18.1 Å². The van der Waals surface area contributed by atoms with Crippen molar-refractivity contribution in [1.29, 1.82) is 0 Å². The summed E-state index contributed by atoms with van der Waals surface area (Å²) in [5.41, 5.74) is 1.55. The number of hydrogen-bond donors (Lipinski definition) is 2. The number of benzene rings is 1. The van der Waals surface area contributed by atoms with Crippen LogP contribution in [0.4, 0.5) is 5.69 Å². The Hall–Kier alpha value is -2.27. The van der Waals surface area contributed by atoms with Gasteiger partial charge in [-0.3, -0.25) is 4.98 Å². The molecule has 2 saturated heterocycles. The molecule has 1 atom stereocenters. The second-order valence-electron chi connectivity index (χ2n) is 6.57. The zero-order valence-corrected chi connectivity index (χ0v) is 13.0. The minimum absolute atomic E-state index is 0.233. The van der Waals surface area contributed by atoms with Gasteiger partial charge in [0.15, 0.2) is 0 Å². The Kier molecular flexibility index (Phi) is 3.58. The van der Waals surface area contributed by atoms with Crippen molar-refractivity contribution in [2.45, 2.75) is 12.8 Å². The fraction of sp³-hybridized carbons (Fsp3) is 0.389. The lowest BCUT2D eigenvalue weighted by Gasteiger charge is -2.24. The van der Waals surface area contributed by atoms with Gasteiger partial charge in [0.1, 0.15) is 17.2 Å². The van der Waals surface area contributed by atoms with Crippen LogP contribution in [-0.2, 0) is 0 Å². The van der Waals surface area contributed by atoms with Crippen LogP contribution in [0, 0.1) is 5.41 Å². The summed E-state index contributed by atoms with van der Waals surface area (Å²) in [4.78, 5) is 6.73. The molecule has 23 heavy (non-hydrogen) atoms. The van der Waals surface area contributed by atoms with Gasteiger partial charge < -0.3 is 20.1 Å². The van der Waals surface area contributed by atoms with E-state index in [1.54, 1.807) is 30.5 Å². The highest BCUT2D eigenvalue weighted by Crippen LogP contribution is 2.38. The van der Waals surface area contributed by atoms with Gasteiger partial charge in [-0.2, -0.15) is 0 Å². The maximum atomic E-state index is 9.33. The van der Waals surface area contributed by atoms with Crippen molar-refractivity contribution in [3.8, 4) is 17.2 Å². The Labute approximate surface area is 135 Å². The van der Waals surface area contributed by atoms with Crippen LogP contribution in [0.1, 0.15) is 12.8 Å². The van der Waals surface area contributed by atoms with Gasteiger partial charge in [0, 0.05) is 31.1 Å². The van der Waals surface area contributed by atoms with E-state index in [2.05, 4.69) is 15.2 Å². The van der Waals surface area contributed by atoms with E-state index in [0.29, 0.717) is 11.2 Å². The van der Waals surface area contributed by atoms with E-state index >= 15 is 0 Å². The first-order valence-corrected chi connectivity index (χ1v) is 8.10. The van der Waals surface area contributed by atoms with Crippen LogP contribution in [0.25, 0.3) is 0 Å². The summed E-state index contributed by atoms with van der Waals surface area (Å²) in [6.45, 7) is 4.42. The normalized spacial score (nSPS) is 23.6. The number of pyridine rings is 1. The SMILES string of the molecule is Oc1ccc(Oc2cncc(N3CCC4(CCNC4)C3)c2)cc1. The Morgan fingerprint density at radius 3 is 2.78 bits per heavy atom. The second kappa shape index (κ2) is 5.74. The highest BCUT2D eigenvalue weighted by Gasteiger charge is 2.40. The zero-order chi connectivity index (χ0) is 15.7. The smallest absolute Gasteiger partial charge is 0.147 e. The number of aromatic hydroxyl groups is 1. The molecular formula is C18H21N3O2. The van der Waals surface area contributed by atoms with E-state index < -0.39 is 0 Å². The number of phenolic OH excluding ortho intramolecular Hbond substituents is 1. The topological polar surface area (TPSA) is 57.6 Å². The van der Waals surface area contributed by atoms with Crippen molar-refractivity contribution in [1.82, 2.24) is 10.3 Å². The lowest BCUT2D eigenvalue weighted by Crippen LogP contribution is -2.29. The molecule has 0 amide bonds. The number of ether oxygens (including phenoxy) is 1. The summed E-state index contributed by atoms with van der Waals surface area (Å²) >= 11 is 0. The van der Waals surface area contributed by atoms with Crippen molar-refractivity contribution < 1.29 is 9.84 Å². The Bertz CT molecular complexity index is 681. The fourth-order valence-electron chi connectivity index (χ4n) is 3.59. The molecule has 2 aromatic rings. The van der Waals surface area contributed by atoms with Crippen molar-refractivity contribution in [2.24, 2.45) is 5.41 Å². The summed E-state index contributed by atoms with van der Waals surface area (Å²) < 4.78 is 5.84. The predicted octanol–water partition coefficient (Wildman–Crippen LogP) is 2.77. The fourth-order valence-corrected chi connectivity index (χ4v) is 3.59. The van der Waals surface area contributed by atoms with Crippen LogP contribution < -0.4 is 15.0 Å². The monoisotopic (exact) mass is 311 g/mol. The third-order valence-electron chi connectivity index (χ3n) is 4.91. The highest BCUT2D eigenvalue weighted by atomic mass is 16.5. The largest absolute Gasteiger partial charge is 0.508 e. The molecule has 1 unspecified atom stereocenters. The van der Waals surface area contributed by atoms with Crippen LogP contribution in [0.3, 0.4) is 0 Å². The summed E-state index contributed by atoms with van der Waals surface area (Å²) in [7, 11) is 0. The lowest BCUT2D eigenvalue weighted by atomic mass is 9.86. The molecule has 0 aliphatic carbocycles. The van der Waals surface area contributed by atoms with Crippen molar-refractivity contribution in [3.63, 3.8) is 0 Å². The Balaban J connectivity index is 1.49. The van der Waals surface area contributed by atoms with Gasteiger partial charge >= 0.3 is 0 Å². The van der Waals surface area contributed by atoms with Crippen LogP contribution in [-0.4, -0.2) is 36.3 Å². The number of aromatic nitrogens is 1. The maximum absolute atomic E-state index is 9.33. The zero-order valence-electron chi connectivity index (χ0n) is 13.0. The molecular weight excluding hydrogens is 290 g/mol. The molecule has 5 nitrogen and oxygen atoms in total. The molecule has 3 heterocycles. The van der Waals surface area contributed by atoms with Crippen molar-refractivity contribution >= 4 is 5.69 Å². The lowest BCUT2D eigenvalue weighted by molar-refractivity contribution is 0.369. The molecule has 2 fully saturated rings. The quantitative estimate of drug-likeness (QED) is 0.913. The van der Waals surface area contributed by atoms with E-state index in [9.17, 15) is 5.11 Å². The molecule has 0 bridgehead atoms. The van der Waals surface area contributed by atoms with Crippen LogP contribution in [0.15, 0.2) is 42.7 Å². The van der Waals surface area contributed by atoms with E-state index in [4.69, 9.17) is 4.74 Å². The first-order valence-electron chi connectivity index (χ1n) is 8.10. The van der Waals surface area contributed by atoms with E-state index in [-0.39, 0.29) is 5.75 Å². The minimum atomic E-state index is 0.233. The average Bonchev–Trinajstić information content (AvgIpc) is 3.21. The highest BCUT2D eigenvalue weighted by molar-refractivity contribution is 5.50. The molecule has 1 spiro atoms. The number of phenols is 1. The number of anilines is 1. The van der Waals surface area contributed by atoms with Gasteiger partial charge in [-0.25, -0.2) is 0 Å². The van der Waals surface area contributed by atoms with Crippen LogP contribution in [0.2, 0.25) is 0 Å². The number of nitrogens with zero attached hydrogens (tertiary/aromatic N) is 2. The van der Waals surface area contributed by atoms with E-state index in [1.165, 1.54) is 12.8 Å². The number of hydrogen-bond acceptors (Lipinski definition) is 5. The number of rotatable bonds is 3. The molecule has 2 aliphatic heterocycles. The molecule has 2 aliphatic rings. The molecule has 0 radical (unpaired) electrons. The molecule has 5 heteroatoms. The first-order chi connectivity index (χ1) is 11.2. The molecule has 1 aromatic carbocycles. The molecule has 2 N–H and O–H groups in total. The van der Waals surface area contributed by atoms with Gasteiger partial charge in [-0.1, -0.05) is 0 Å². The van der Waals surface area contributed by atoms with Crippen LogP contribution in [0.5, 0.6) is 17.2 Å². The maximum Gasteiger partial charge on any atom is 0.147 e. The predicted molar refractivity (Wildman–Crippen MR) is 89.2 cm³/mol. The van der Waals surface area contributed by atoms with Gasteiger partial charge in [-0.15, -0.1) is 0 Å².